The van der Waals surface area contributed by atoms with Crippen molar-refractivity contribution in [3.8, 4) is 0 Å². The molecule has 0 saturated carbocycles. The van der Waals surface area contributed by atoms with Gasteiger partial charge in [-0.15, -0.1) is 0 Å². The van der Waals surface area contributed by atoms with Crippen LogP contribution in [0.4, 0.5) is 0 Å². The minimum Gasteiger partial charge on any atom is -0.756 e. The summed E-state index contributed by atoms with van der Waals surface area (Å²) in [5.74, 6) is -0.837. The zero-order chi connectivity index (χ0) is 69.7. The van der Waals surface area contributed by atoms with Crippen LogP contribution in [-0.4, -0.2) is 70.0 Å². The van der Waals surface area contributed by atoms with Crippen LogP contribution in [0, 0.1) is 0 Å². The Morgan fingerprint density at radius 1 is 0.333 bits per heavy atom. The number of rotatable bonds is 75. The normalized spacial score (nSPS) is 13.6. The van der Waals surface area contributed by atoms with E-state index >= 15 is 0 Å². The van der Waals surface area contributed by atoms with E-state index in [1.807, 2.05) is 21.1 Å². The SMILES string of the molecule is CC/C=C\C/C=C\C/C=C\C/C=C\C/C=C\C/C=C\C/C=C\C/C=C\C/C=C\CCCCCCCCCC(=O)OC(COC(=O)CCCCCCCCCCCCCCCCCCCCCCCCCCCCCCCCCCCCCCC)COP(=O)([O-])OCC[N+](C)(C)C. The first-order chi connectivity index (χ1) is 47.0. The lowest BCUT2D eigenvalue weighted by atomic mass is 10.0. The van der Waals surface area contributed by atoms with Crippen LogP contribution in [0.15, 0.2) is 109 Å². The van der Waals surface area contributed by atoms with Gasteiger partial charge in [0.1, 0.15) is 19.8 Å². The summed E-state index contributed by atoms with van der Waals surface area (Å²) in [5, 5.41) is 0. The van der Waals surface area contributed by atoms with Gasteiger partial charge in [0.15, 0.2) is 6.10 Å². The summed E-state index contributed by atoms with van der Waals surface area (Å²) in [6.07, 6.45) is 108. The summed E-state index contributed by atoms with van der Waals surface area (Å²) in [6.45, 7) is 4.16. The summed E-state index contributed by atoms with van der Waals surface area (Å²) in [6, 6.07) is 0. The number of nitrogens with zero attached hydrogens (tertiary/aromatic N) is 1. The maximum Gasteiger partial charge on any atom is 0.306 e. The highest BCUT2D eigenvalue weighted by Crippen LogP contribution is 2.38. The van der Waals surface area contributed by atoms with Crippen LogP contribution in [0.3, 0.4) is 0 Å². The van der Waals surface area contributed by atoms with E-state index in [4.69, 9.17) is 18.5 Å². The number of hydrogen-bond acceptors (Lipinski definition) is 8. The third-order valence-corrected chi connectivity index (χ3v) is 18.8. The van der Waals surface area contributed by atoms with Gasteiger partial charge in [0.05, 0.1) is 27.7 Å². The lowest BCUT2D eigenvalue weighted by Crippen LogP contribution is -2.37. The van der Waals surface area contributed by atoms with Gasteiger partial charge in [0, 0.05) is 12.8 Å². The number of unbranched alkanes of at least 4 members (excludes halogenated alkanes) is 43. The molecule has 2 unspecified atom stereocenters. The molecule has 0 spiro atoms. The first kappa shape index (κ1) is 92.7. The molecular weight excluding hydrogens is 1210 g/mol. The van der Waals surface area contributed by atoms with Gasteiger partial charge in [0.2, 0.25) is 0 Å². The van der Waals surface area contributed by atoms with E-state index in [9.17, 15) is 19.0 Å². The number of allylic oxidation sites excluding steroid dienone is 18. The highest BCUT2D eigenvalue weighted by Gasteiger charge is 2.22. The van der Waals surface area contributed by atoms with Gasteiger partial charge in [-0.05, 0) is 83.5 Å². The molecule has 0 heterocycles. The van der Waals surface area contributed by atoms with E-state index in [0.717, 1.165) is 103 Å². The number of hydrogen-bond donors (Lipinski definition) is 0. The molecule has 0 N–H and O–H groups in total. The zero-order valence-electron chi connectivity index (χ0n) is 63.6. The molecule has 0 radical (unpaired) electrons. The van der Waals surface area contributed by atoms with Gasteiger partial charge in [-0.2, -0.15) is 0 Å². The topological polar surface area (TPSA) is 111 Å². The van der Waals surface area contributed by atoms with Crippen molar-refractivity contribution in [3.63, 3.8) is 0 Å². The van der Waals surface area contributed by atoms with Crippen LogP contribution in [0.25, 0.3) is 0 Å². The molecule has 0 aromatic heterocycles. The summed E-state index contributed by atoms with van der Waals surface area (Å²) < 4.78 is 34.4. The molecule has 0 bridgehead atoms. The maximum absolute atomic E-state index is 12.9. The summed E-state index contributed by atoms with van der Waals surface area (Å²) in [4.78, 5) is 38.2. The van der Waals surface area contributed by atoms with Crippen molar-refractivity contribution in [2.75, 3.05) is 47.5 Å². The van der Waals surface area contributed by atoms with Gasteiger partial charge < -0.3 is 27.9 Å². The van der Waals surface area contributed by atoms with Crippen LogP contribution in [0.5, 0.6) is 0 Å². The summed E-state index contributed by atoms with van der Waals surface area (Å²) >= 11 is 0. The fourth-order valence-electron chi connectivity index (χ4n) is 11.7. The Morgan fingerprint density at radius 3 is 0.885 bits per heavy atom. The fourth-order valence-corrected chi connectivity index (χ4v) is 12.4. The molecule has 0 aromatic carbocycles. The second-order valence-corrected chi connectivity index (χ2v) is 29.8. The predicted molar refractivity (Wildman–Crippen MR) is 415 cm³/mol. The van der Waals surface area contributed by atoms with Gasteiger partial charge in [0.25, 0.3) is 7.82 Å². The zero-order valence-corrected chi connectivity index (χ0v) is 64.5. The van der Waals surface area contributed by atoms with Crippen LogP contribution in [0.2, 0.25) is 0 Å². The molecule has 96 heavy (non-hydrogen) atoms. The molecule has 0 fully saturated rings. The Bertz CT molecular complexity index is 1990. The number of phosphoric ester groups is 1. The van der Waals surface area contributed by atoms with E-state index in [1.165, 1.54) is 238 Å². The van der Waals surface area contributed by atoms with Crippen molar-refractivity contribution in [1.82, 2.24) is 0 Å². The Balaban J connectivity index is 3.99. The van der Waals surface area contributed by atoms with Gasteiger partial charge in [-0.25, -0.2) is 0 Å². The molecule has 556 valence electrons. The van der Waals surface area contributed by atoms with E-state index in [2.05, 4.69) is 123 Å². The number of likely N-dealkylation sites (N-methyl/N-ethyl adjacent to an activating group) is 1. The molecule has 10 heteroatoms. The van der Waals surface area contributed by atoms with Gasteiger partial charge in [-0.3, -0.25) is 14.2 Å². The van der Waals surface area contributed by atoms with E-state index in [0.29, 0.717) is 17.4 Å². The first-order valence-electron chi connectivity index (χ1n) is 40.6. The number of quaternary nitrogens is 1. The average Bonchev–Trinajstić information content (AvgIpc) is 2.74. The van der Waals surface area contributed by atoms with Gasteiger partial charge >= 0.3 is 11.9 Å². The highest BCUT2D eigenvalue weighted by molar-refractivity contribution is 7.45. The number of carbonyl (C=O) groups excluding carboxylic acids is 2. The van der Waals surface area contributed by atoms with E-state index < -0.39 is 26.5 Å². The Labute approximate surface area is 595 Å². The molecule has 0 aliphatic carbocycles. The lowest BCUT2D eigenvalue weighted by molar-refractivity contribution is -0.870. The second-order valence-electron chi connectivity index (χ2n) is 28.4. The molecular formula is C86H154NO8P. The fraction of sp³-hybridized carbons (Fsp3) is 0.767. The molecule has 0 saturated heterocycles. The largest absolute Gasteiger partial charge is 0.756 e. The molecule has 0 rings (SSSR count). The standard InChI is InChI=1S/C86H154NO8P/c1-6-8-10-12-14-16-18-20-22-24-26-28-30-32-34-36-38-40-42-43-45-46-48-50-52-54-56-58-60-62-64-66-68-70-72-74-76-78-85(88)92-82-84(83-94-96(90,91)93-81-80-87(3,4)5)95-86(89)79-77-75-73-71-69-67-65-63-61-59-57-55-53-51-49-47-44-41-39-37-35-33-31-29-27-25-23-21-19-17-15-13-11-9-7-2/h9,11,15,17,21,23,27,29,33,35,39,41,47,49,53,55,59,61,84H,6-8,10,12-14,16,18-20,22,24-26,28,30-32,34,36-38,40,42-46,48,50-52,54,56-58,60,62-83H2,1-5H3/b11-9-,17-15-,23-21-,29-27-,35-33-,41-39-,49-47-,55-53-,61-59-. The molecule has 0 aliphatic heterocycles. The second kappa shape index (κ2) is 75.9. The van der Waals surface area contributed by atoms with Crippen molar-refractivity contribution in [1.29, 1.82) is 0 Å². The van der Waals surface area contributed by atoms with Crippen LogP contribution < -0.4 is 4.89 Å². The van der Waals surface area contributed by atoms with Crippen molar-refractivity contribution >= 4 is 19.8 Å². The number of carbonyl (C=O) groups is 2. The Kier molecular flexibility index (Phi) is 73.2. The molecule has 0 aromatic rings. The van der Waals surface area contributed by atoms with Crippen LogP contribution in [-0.2, 0) is 32.7 Å². The number of ether oxygens (including phenoxy) is 2. The third kappa shape index (κ3) is 79.7. The molecule has 2 atom stereocenters. The van der Waals surface area contributed by atoms with Crippen LogP contribution in [0.1, 0.15) is 373 Å². The Hall–Kier alpha value is -3.33. The van der Waals surface area contributed by atoms with Crippen molar-refractivity contribution in [2.24, 2.45) is 0 Å². The van der Waals surface area contributed by atoms with Crippen molar-refractivity contribution in [3.05, 3.63) is 109 Å². The molecule has 9 nitrogen and oxygen atoms in total. The van der Waals surface area contributed by atoms with Crippen LogP contribution >= 0.6 is 7.82 Å². The summed E-state index contributed by atoms with van der Waals surface area (Å²) in [5.41, 5.74) is 0. The van der Waals surface area contributed by atoms with Gasteiger partial charge in [-0.1, -0.05) is 386 Å². The maximum atomic E-state index is 12.9. The van der Waals surface area contributed by atoms with Crippen molar-refractivity contribution < 1.29 is 42.1 Å². The monoisotopic (exact) mass is 1360 g/mol. The average molecular weight is 1360 g/mol. The predicted octanol–water partition coefficient (Wildman–Crippen LogP) is 26.5. The number of esters is 2. The molecule has 0 aliphatic rings. The molecule has 0 amide bonds. The lowest BCUT2D eigenvalue weighted by Gasteiger charge is -2.28. The van der Waals surface area contributed by atoms with E-state index in [1.54, 1.807) is 0 Å². The Morgan fingerprint density at radius 2 is 0.594 bits per heavy atom. The quantitative estimate of drug-likeness (QED) is 0.0195. The van der Waals surface area contributed by atoms with E-state index in [-0.39, 0.29) is 32.0 Å². The third-order valence-electron chi connectivity index (χ3n) is 17.8. The minimum atomic E-state index is -4.65. The highest BCUT2D eigenvalue weighted by atomic mass is 31.2. The summed E-state index contributed by atoms with van der Waals surface area (Å²) in [7, 11) is 1.16. The smallest absolute Gasteiger partial charge is 0.306 e. The number of phosphoric acid groups is 1. The first-order valence-corrected chi connectivity index (χ1v) is 42.1. The van der Waals surface area contributed by atoms with Crippen molar-refractivity contribution in [2.45, 2.75) is 380 Å². The minimum absolute atomic E-state index is 0.0366.